The van der Waals surface area contributed by atoms with E-state index in [1.807, 2.05) is 6.92 Å². The van der Waals surface area contributed by atoms with Crippen molar-refractivity contribution in [3.63, 3.8) is 0 Å². The Kier molecular flexibility index (Phi) is 18.9. The Morgan fingerprint density at radius 2 is 1.64 bits per heavy atom. The smallest absolute Gasteiger partial charge is 0.331 e. The summed E-state index contributed by atoms with van der Waals surface area (Å²) in [5, 5.41) is 77.0. The van der Waals surface area contributed by atoms with Crippen molar-refractivity contribution in [3.05, 3.63) is 46.2 Å². The minimum absolute atomic E-state index is 0.0217. The van der Waals surface area contributed by atoms with Crippen LogP contribution in [0.5, 0.6) is 0 Å². The highest BCUT2D eigenvalue weighted by Crippen LogP contribution is 2.41. The number of hydrogen-bond donors (Lipinski definition) is 7. The highest BCUT2D eigenvalue weighted by atomic mass is 79.9. The third-order valence-corrected chi connectivity index (χ3v) is 11.9. The normalized spacial score (nSPS) is 30.9. The SMILES string of the molecule is C=C(CC(O)CC(O)C(C)C(O)CC(O)C(C)(C)C(O)CC(C)=C[C@H](O)[C@@]1(C)O[C@H]2CC(C)CC(O)CC(C)CC(C)=CC(=O)O[C@@H]1C2)C(=CBr)OC. The predicted octanol–water partition coefficient (Wildman–Crippen LogP) is 5.37. The number of halogens is 1. The lowest BCUT2D eigenvalue weighted by atomic mass is 9.75. The highest BCUT2D eigenvalue weighted by Gasteiger charge is 2.52. The number of ether oxygens (including phenoxy) is 3. The van der Waals surface area contributed by atoms with Crippen LogP contribution in [0, 0.1) is 23.2 Å². The topological polar surface area (TPSA) is 186 Å². The van der Waals surface area contributed by atoms with E-state index in [0.29, 0.717) is 49.0 Å². The van der Waals surface area contributed by atoms with Gasteiger partial charge in [-0.15, -0.1) is 0 Å². The van der Waals surface area contributed by atoms with E-state index >= 15 is 0 Å². The maximum atomic E-state index is 13.0. The number of carbonyl (C=O) groups is 1. The van der Waals surface area contributed by atoms with E-state index in [2.05, 4.69) is 36.4 Å². The summed E-state index contributed by atoms with van der Waals surface area (Å²) in [4.78, 5) is 14.6. The zero-order chi connectivity index (χ0) is 40.4. The molecule has 12 heteroatoms. The number of rotatable bonds is 16. The van der Waals surface area contributed by atoms with Crippen molar-refractivity contribution in [1.82, 2.24) is 0 Å². The van der Waals surface area contributed by atoms with Gasteiger partial charge in [0.15, 0.2) is 0 Å². The summed E-state index contributed by atoms with van der Waals surface area (Å²) in [5.41, 5.74) is -0.339. The van der Waals surface area contributed by atoms with Gasteiger partial charge in [-0.05, 0) is 76.7 Å². The molecule has 2 aliphatic rings. The largest absolute Gasteiger partial charge is 0.496 e. The zero-order valence-electron chi connectivity index (χ0n) is 33.4. The summed E-state index contributed by atoms with van der Waals surface area (Å²) in [7, 11) is 1.48. The van der Waals surface area contributed by atoms with Gasteiger partial charge in [0.2, 0.25) is 0 Å². The molecule has 0 amide bonds. The fraction of sp³-hybridized carbons (Fsp3) is 0.780. The lowest BCUT2D eigenvalue weighted by Gasteiger charge is -2.38. The van der Waals surface area contributed by atoms with Crippen LogP contribution in [0.25, 0.3) is 0 Å². The number of esters is 1. The molecule has 2 heterocycles. The van der Waals surface area contributed by atoms with Crippen LogP contribution in [-0.4, -0.2) is 109 Å². The number of allylic oxidation sites excluding steroid dienone is 2. The number of fused-ring (bicyclic) bond motifs is 2. The van der Waals surface area contributed by atoms with E-state index < -0.39 is 71.7 Å². The summed E-state index contributed by atoms with van der Waals surface area (Å²) in [6, 6.07) is 0. The minimum Gasteiger partial charge on any atom is -0.496 e. The van der Waals surface area contributed by atoms with Crippen molar-refractivity contribution in [2.24, 2.45) is 23.2 Å². The number of aliphatic hydroxyl groups excluding tert-OH is 7. The molecule has 0 aromatic rings. The fourth-order valence-corrected chi connectivity index (χ4v) is 8.20. The predicted molar refractivity (Wildman–Crippen MR) is 209 cm³/mol. The third-order valence-electron chi connectivity index (χ3n) is 11.4. The molecule has 2 rings (SSSR count). The van der Waals surface area contributed by atoms with Crippen LogP contribution in [-0.2, 0) is 19.0 Å². The molecule has 0 aromatic carbocycles. The molecule has 11 nitrogen and oxygen atoms in total. The first-order valence-corrected chi connectivity index (χ1v) is 20.0. The van der Waals surface area contributed by atoms with Gasteiger partial charge in [0.05, 0.1) is 49.8 Å². The Balaban J connectivity index is 2.11. The first-order chi connectivity index (χ1) is 24.5. The maximum absolute atomic E-state index is 13.0. The quantitative estimate of drug-likeness (QED) is 0.0460. The maximum Gasteiger partial charge on any atom is 0.331 e. The zero-order valence-corrected chi connectivity index (χ0v) is 35.0. The molecule has 2 aliphatic heterocycles. The van der Waals surface area contributed by atoms with E-state index in [-0.39, 0.29) is 43.6 Å². The molecule has 0 aromatic heterocycles. The fourth-order valence-electron chi connectivity index (χ4n) is 7.69. The Labute approximate surface area is 325 Å². The summed E-state index contributed by atoms with van der Waals surface area (Å²) >= 11 is 3.19. The standard InChI is InChI=1S/C41H69BrO11/c1-23-11-24(2)17-39(50)52-38-20-31(14-25(3)13-29(43)12-23)53-41(38,9)37(49)16-26(4)15-35(47)40(7,8)36(48)21-33(46)28(6)32(45)19-30(44)18-27(5)34(22-42)51-10/h16-17,22-23,25,28-33,35-38,43-49H,5,11-15,18-21H2,1-4,6-10H3/t23?,25?,28?,29?,30?,31-,32?,33?,35?,36?,37-,38+,41+/m0/s1. The molecule has 0 spiro atoms. The summed E-state index contributed by atoms with van der Waals surface area (Å²) in [5.74, 6) is -0.376. The lowest BCUT2D eigenvalue weighted by molar-refractivity contribution is -0.164. The first kappa shape index (κ1) is 47.5. The van der Waals surface area contributed by atoms with Crippen LogP contribution in [0.1, 0.15) is 113 Å². The van der Waals surface area contributed by atoms with Crippen molar-refractivity contribution in [1.29, 1.82) is 0 Å². The second kappa shape index (κ2) is 21.1. The Hall–Kier alpha value is -1.61. The van der Waals surface area contributed by atoms with Crippen molar-refractivity contribution in [2.75, 3.05) is 7.11 Å². The molecule has 1 saturated heterocycles. The van der Waals surface area contributed by atoms with E-state index in [0.717, 1.165) is 5.57 Å². The molecule has 0 saturated carbocycles. The van der Waals surface area contributed by atoms with Crippen LogP contribution < -0.4 is 0 Å². The van der Waals surface area contributed by atoms with Gasteiger partial charge in [0.1, 0.15) is 23.6 Å². The average Bonchev–Trinajstić information content (AvgIpc) is 3.34. The minimum atomic E-state index is -1.27. The first-order valence-electron chi connectivity index (χ1n) is 19.1. The molecule has 0 aliphatic carbocycles. The van der Waals surface area contributed by atoms with Gasteiger partial charge in [-0.2, -0.15) is 0 Å². The average molecular weight is 818 g/mol. The molecule has 9 unspecified atom stereocenters. The molecular weight excluding hydrogens is 748 g/mol. The van der Waals surface area contributed by atoms with Gasteiger partial charge in [0, 0.05) is 41.7 Å². The van der Waals surface area contributed by atoms with Gasteiger partial charge in [0.25, 0.3) is 0 Å². The van der Waals surface area contributed by atoms with Gasteiger partial charge in [-0.3, -0.25) is 0 Å². The molecule has 0 radical (unpaired) electrons. The van der Waals surface area contributed by atoms with Crippen LogP contribution in [0.4, 0.5) is 0 Å². The highest BCUT2D eigenvalue weighted by molar-refractivity contribution is 9.11. The van der Waals surface area contributed by atoms with Crippen LogP contribution in [0.3, 0.4) is 0 Å². The Bertz CT molecular complexity index is 1280. The van der Waals surface area contributed by atoms with Crippen LogP contribution in [0.2, 0.25) is 0 Å². The summed E-state index contributed by atoms with van der Waals surface area (Å²) in [6.45, 7) is 18.4. The number of aliphatic hydroxyl groups is 7. The number of carbonyl (C=O) groups excluding carboxylic acids is 1. The number of hydrogen-bond acceptors (Lipinski definition) is 11. The van der Waals surface area contributed by atoms with Crippen molar-refractivity contribution >= 4 is 21.9 Å². The lowest BCUT2D eigenvalue weighted by Crippen LogP contribution is -2.48. The molecule has 1 fully saturated rings. The van der Waals surface area contributed by atoms with E-state index in [1.165, 1.54) is 13.2 Å². The molecule has 53 heavy (non-hydrogen) atoms. The summed E-state index contributed by atoms with van der Waals surface area (Å²) in [6.07, 6.45) is -1.94. The van der Waals surface area contributed by atoms with Crippen molar-refractivity contribution < 1.29 is 54.8 Å². The van der Waals surface area contributed by atoms with Gasteiger partial charge in [-0.25, -0.2) is 4.79 Å². The molecule has 306 valence electrons. The van der Waals surface area contributed by atoms with Crippen LogP contribution >= 0.6 is 15.9 Å². The second-order valence-corrected chi connectivity index (χ2v) is 17.4. The van der Waals surface area contributed by atoms with E-state index in [9.17, 15) is 40.5 Å². The van der Waals surface area contributed by atoms with Crippen molar-refractivity contribution in [2.45, 2.75) is 174 Å². The van der Waals surface area contributed by atoms with Gasteiger partial charge in [-0.1, -0.05) is 74.3 Å². The monoisotopic (exact) mass is 816 g/mol. The molecule has 2 bridgehead atoms. The molecule has 13 atom stereocenters. The van der Waals surface area contributed by atoms with E-state index in [4.69, 9.17) is 14.2 Å². The van der Waals surface area contributed by atoms with E-state index in [1.54, 1.807) is 45.7 Å². The molecular formula is C41H69BrO11. The summed E-state index contributed by atoms with van der Waals surface area (Å²) < 4.78 is 17.6. The van der Waals surface area contributed by atoms with Crippen molar-refractivity contribution in [3.8, 4) is 0 Å². The number of methoxy groups -OCH3 is 1. The molecule has 7 N–H and O–H groups in total. The second-order valence-electron chi connectivity index (χ2n) is 17.0. The van der Waals surface area contributed by atoms with Crippen LogP contribution in [0.15, 0.2) is 46.2 Å². The van der Waals surface area contributed by atoms with Gasteiger partial charge >= 0.3 is 5.97 Å². The van der Waals surface area contributed by atoms with Gasteiger partial charge < -0.3 is 50.0 Å². The Morgan fingerprint density at radius 1 is 1.04 bits per heavy atom. The Morgan fingerprint density at radius 3 is 2.25 bits per heavy atom. The third kappa shape index (κ3) is 14.1.